The van der Waals surface area contributed by atoms with Crippen molar-refractivity contribution >= 4 is 23.4 Å². The molecule has 0 saturated heterocycles. The minimum absolute atomic E-state index is 0.000562. The fourth-order valence-corrected chi connectivity index (χ4v) is 2.76. The zero-order valence-corrected chi connectivity index (χ0v) is 16.3. The molecule has 0 fully saturated rings. The largest absolute Gasteiger partial charge is 0.350 e. The molecule has 4 nitrogen and oxygen atoms in total. The number of carbonyl (C=O) groups excluding carboxylic acids is 2. The van der Waals surface area contributed by atoms with Crippen LogP contribution in [0.25, 0.3) is 0 Å². The lowest BCUT2D eigenvalue weighted by Crippen LogP contribution is -2.38. The topological polar surface area (TPSA) is 49.4 Å². The van der Waals surface area contributed by atoms with E-state index in [2.05, 4.69) is 5.32 Å². The van der Waals surface area contributed by atoms with Crippen molar-refractivity contribution in [2.75, 3.05) is 19.6 Å². The molecule has 2 aromatic rings. The molecule has 0 aliphatic heterocycles. The van der Waals surface area contributed by atoms with Gasteiger partial charge in [-0.1, -0.05) is 29.8 Å². The van der Waals surface area contributed by atoms with Gasteiger partial charge in [0.1, 0.15) is 0 Å². The highest BCUT2D eigenvalue weighted by Gasteiger charge is 2.11. The summed E-state index contributed by atoms with van der Waals surface area (Å²) < 4.78 is 0. The third kappa shape index (κ3) is 5.88. The lowest BCUT2D eigenvalue weighted by Gasteiger charge is -2.21. The number of aryl methyl sites for hydroxylation is 2. The van der Waals surface area contributed by atoms with Gasteiger partial charge in [-0.15, -0.1) is 0 Å². The number of carbonyl (C=O) groups is 2. The molecule has 0 radical (unpaired) electrons. The maximum atomic E-state index is 12.2. The van der Waals surface area contributed by atoms with Crippen LogP contribution in [0, 0.1) is 13.8 Å². The van der Waals surface area contributed by atoms with Gasteiger partial charge in [0.2, 0.25) is 5.91 Å². The quantitative estimate of drug-likeness (QED) is 0.804. The van der Waals surface area contributed by atoms with E-state index < -0.39 is 0 Å². The van der Waals surface area contributed by atoms with Gasteiger partial charge >= 0.3 is 0 Å². The van der Waals surface area contributed by atoms with Crippen molar-refractivity contribution in [3.8, 4) is 0 Å². The van der Waals surface area contributed by atoms with Crippen molar-refractivity contribution in [1.29, 1.82) is 0 Å². The third-order valence-corrected chi connectivity index (χ3v) is 4.72. The smallest absolute Gasteiger partial charge is 0.251 e. The van der Waals surface area contributed by atoms with Crippen LogP contribution in [-0.2, 0) is 11.2 Å². The molecule has 0 aliphatic rings. The Bertz CT molecular complexity index is 772. The van der Waals surface area contributed by atoms with E-state index in [0.717, 1.165) is 23.1 Å². The standard InChI is InChI=1S/C21H25ClN2O2/c1-15-4-7-19(14-16(15)2)21(26)23-11-13-24(17(3)25)12-10-18-5-8-20(22)9-6-18/h4-9,14H,10-13H2,1-3H3,(H,23,26). The van der Waals surface area contributed by atoms with Crippen LogP contribution in [0.5, 0.6) is 0 Å². The Morgan fingerprint density at radius 3 is 2.31 bits per heavy atom. The normalized spacial score (nSPS) is 10.5. The SMILES string of the molecule is CC(=O)N(CCNC(=O)c1ccc(C)c(C)c1)CCc1ccc(Cl)cc1. The molecule has 138 valence electrons. The maximum Gasteiger partial charge on any atom is 0.251 e. The lowest BCUT2D eigenvalue weighted by atomic mass is 10.1. The van der Waals surface area contributed by atoms with Crippen molar-refractivity contribution in [2.45, 2.75) is 27.2 Å². The van der Waals surface area contributed by atoms with Gasteiger partial charge in [-0.2, -0.15) is 0 Å². The van der Waals surface area contributed by atoms with Crippen LogP contribution in [0.3, 0.4) is 0 Å². The summed E-state index contributed by atoms with van der Waals surface area (Å²) in [6, 6.07) is 13.3. The summed E-state index contributed by atoms with van der Waals surface area (Å²) >= 11 is 5.89. The van der Waals surface area contributed by atoms with Gasteiger partial charge in [-0.05, 0) is 61.2 Å². The molecule has 0 aromatic heterocycles. The second kappa shape index (κ2) is 9.39. The summed E-state index contributed by atoms with van der Waals surface area (Å²) in [6.45, 7) is 7.07. The summed E-state index contributed by atoms with van der Waals surface area (Å²) in [4.78, 5) is 25.8. The number of rotatable bonds is 7. The Balaban J connectivity index is 1.83. The number of hydrogen-bond donors (Lipinski definition) is 1. The predicted octanol–water partition coefficient (Wildman–Crippen LogP) is 3.78. The monoisotopic (exact) mass is 372 g/mol. The summed E-state index contributed by atoms with van der Waals surface area (Å²) in [5, 5.41) is 3.59. The summed E-state index contributed by atoms with van der Waals surface area (Å²) in [6.07, 6.45) is 0.752. The summed E-state index contributed by atoms with van der Waals surface area (Å²) in [5.74, 6) is -0.117. The van der Waals surface area contributed by atoms with E-state index in [0.29, 0.717) is 30.2 Å². The molecule has 0 heterocycles. The molecule has 0 bridgehead atoms. The van der Waals surface area contributed by atoms with E-state index in [-0.39, 0.29) is 11.8 Å². The highest BCUT2D eigenvalue weighted by molar-refractivity contribution is 6.30. The number of benzene rings is 2. The lowest BCUT2D eigenvalue weighted by molar-refractivity contribution is -0.128. The van der Waals surface area contributed by atoms with Gasteiger partial charge < -0.3 is 10.2 Å². The van der Waals surface area contributed by atoms with E-state index in [4.69, 9.17) is 11.6 Å². The van der Waals surface area contributed by atoms with Crippen molar-refractivity contribution in [3.63, 3.8) is 0 Å². The first-order chi connectivity index (χ1) is 12.4. The number of nitrogens with one attached hydrogen (secondary N) is 1. The molecule has 26 heavy (non-hydrogen) atoms. The molecule has 0 saturated carbocycles. The Kier molecular flexibility index (Phi) is 7.22. The molecule has 2 amide bonds. The second-order valence-corrected chi connectivity index (χ2v) is 6.87. The number of halogens is 1. The van der Waals surface area contributed by atoms with Crippen LogP contribution in [0.2, 0.25) is 5.02 Å². The van der Waals surface area contributed by atoms with Gasteiger partial charge in [-0.25, -0.2) is 0 Å². The minimum Gasteiger partial charge on any atom is -0.350 e. The highest BCUT2D eigenvalue weighted by Crippen LogP contribution is 2.11. The molecule has 1 N–H and O–H groups in total. The van der Waals surface area contributed by atoms with Crippen molar-refractivity contribution in [3.05, 3.63) is 69.7 Å². The van der Waals surface area contributed by atoms with Gasteiger partial charge in [0.25, 0.3) is 5.91 Å². The third-order valence-electron chi connectivity index (χ3n) is 4.47. The fourth-order valence-electron chi connectivity index (χ4n) is 2.63. The van der Waals surface area contributed by atoms with E-state index in [9.17, 15) is 9.59 Å². The molecule has 0 unspecified atom stereocenters. The highest BCUT2D eigenvalue weighted by atomic mass is 35.5. The van der Waals surface area contributed by atoms with Crippen LogP contribution in [-0.4, -0.2) is 36.3 Å². The summed E-state index contributed by atoms with van der Waals surface area (Å²) in [7, 11) is 0. The zero-order chi connectivity index (χ0) is 19.1. The van der Waals surface area contributed by atoms with Gasteiger partial charge in [0.15, 0.2) is 0 Å². The summed E-state index contributed by atoms with van der Waals surface area (Å²) in [5.41, 5.74) is 4.01. The van der Waals surface area contributed by atoms with Gasteiger partial charge in [0.05, 0.1) is 0 Å². The van der Waals surface area contributed by atoms with Crippen molar-refractivity contribution in [1.82, 2.24) is 10.2 Å². The molecule has 0 atom stereocenters. The fraction of sp³-hybridized carbons (Fsp3) is 0.333. The zero-order valence-electron chi connectivity index (χ0n) is 15.5. The molecular formula is C21H25ClN2O2. The van der Waals surface area contributed by atoms with E-state index in [1.165, 1.54) is 0 Å². The minimum atomic E-state index is -0.116. The van der Waals surface area contributed by atoms with Crippen LogP contribution in [0.1, 0.15) is 34.0 Å². The van der Waals surface area contributed by atoms with Gasteiger partial charge in [-0.3, -0.25) is 9.59 Å². The average molecular weight is 373 g/mol. The van der Waals surface area contributed by atoms with E-state index in [1.807, 2.05) is 56.3 Å². The Hall–Kier alpha value is -2.33. The van der Waals surface area contributed by atoms with Crippen LogP contribution >= 0.6 is 11.6 Å². The molecular weight excluding hydrogens is 348 g/mol. The van der Waals surface area contributed by atoms with E-state index >= 15 is 0 Å². The molecule has 0 spiro atoms. The number of nitrogens with zero attached hydrogens (tertiary/aromatic N) is 1. The first-order valence-corrected chi connectivity index (χ1v) is 9.10. The van der Waals surface area contributed by atoms with Crippen molar-refractivity contribution in [2.24, 2.45) is 0 Å². The first-order valence-electron chi connectivity index (χ1n) is 8.72. The molecule has 2 aromatic carbocycles. The number of hydrogen-bond acceptors (Lipinski definition) is 2. The second-order valence-electron chi connectivity index (χ2n) is 6.44. The predicted molar refractivity (Wildman–Crippen MR) is 106 cm³/mol. The van der Waals surface area contributed by atoms with Gasteiger partial charge in [0, 0.05) is 37.1 Å². The average Bonchev–Trinajstić information content (AvgIpc) is 2.61. The maximum absolute atomic E-state index is 12.2. The Labute approximate surface area is 160 Å². The molecule has 5 heteroatoms. The van der Waals surface area contributed by atoms with Crippen LogP contribution in [0.15, 0.2) is 42.5 Å². The molecule has 2 rings (SSSR count). The van der Waals surface area contributed by atoms with Crippen molar-refractivity contribution < 1.29 is 9.59 Å². The Morgan fingerprint density at radius 1 is 1.00 bits per heavy atom. The van der Waals surface area contributed by atoms with E-state index in [1.54, 1.807) is 11.8 Å². The van der Waals surface area contributed by atoms with Crippen LogP contribution in [0.4, 0.5) is 0 Å². The first kappa shape index (κ1) is 20.0. The molecule has 0 aliphatic carbocycles. The van der Waals surface area contributed by atoms with Crippen LogP contribution < -0.4 is 5.32 Å². The Morgan fingerprint density at radius 2 is 1.69 bits per heavy atom. The number of amides is 2.